The molecule has 0 unspecified atom stereocenters. The van der Waals surface area contributed by atoms with Crippen molar-refractivity contribution < 1.29 is 0 Å². The molecular formula is C12H8BrClS. The van der Waals surface area contributed by atoms with Crippen molar-refractivity contribution >= 4 is 39.3 Å². The van der Waals surface area contributed by atoms with Crippen LogP contribution in [0.2, 0.25) is 5.02 Å². The van der Waals surface area contributed by atoms with Gasteiger partial charge < -0.3 is 0 Å². The topological polar surface area (TPSA) is 0 Å². The third-order valence-corrected chi connectivity index (χ3v) is 3.86. The third-order valence-electron chi connectivity index (χ3n) is 1.86. The lowest BCUT2D eigenvalue weighted by molar-refractivity contribution is 1.39. The Hall–Kier alpha value is -0.440. The van der Waals surface area contributed by atoms with Gasteiger partial charge in [-0.1, -0.05) is 57.5 Å². The van der Waals surface area contributed by atoms with Gasteiger partial charge in [-0.25, -0.2) is 0 Å². The highest BCUT2D eigenvalue weighted by Crippen LogP contribution is 2.33. The van der Waals surface area contributed by atoms with Gasteiger partial charge in [-0.05, 0) is 30.3 Å². The minimum absolute atomic E-state index is 0.794. The molecule has 2 aromatic rings. The van der Waals surface area contributed by atoms with Crippen LogP contribution < -0.4 is 0 Å². The van der Waals surface area contributed by atoms with Gasteiger partial charge in [0, 0.05) is 14.3 Å². The molecule has 0 saturated heterocycles. The van der Waals surface area contributed by atoms with E-state index < -0.39 is 0 Å². The largest absolute Gasteiger partial charge is 0.0885 e. The first-order valence-electron chi connectivity index (χ1n) is 4.43. The highest BCUT2D eigenvalue weighted by atomic mass is 79.9. The summed E-state index contributed by atoms with van der Waals surface area (Å²) in [7, 11) is 0. The van der Waals surface area contributed by atoms with Crippen molar-refractivity contribution in [1.82, 2.24) is 0 Å². The molecule has 0 radical (unpaired) electrons. The van der Waals surface area contributed by atoms with Crippen LogP contribution in [-0.2, 0) is 0 Å². The van der Waals surface area contributed by atoms with E-state index in [1.165, 1.54) is 4.90 Å². The molecule has 0 nitrogen and oxygen atoms in total. The summed E-state index contributed by atoms with van der Waals surface area (Å²) in [4.78, 5) is 2.26. The second kappa shape index (κ2) is 5.06. The third kappa shape index (κ3) is 3.00. The highest BCUT2D eigenvalue weighted by molar-refractivity contribution is 9.10. The molecule has 2 aromatic carbocycles. The Bertz CT molecular complexity index is 471. The molecule has 0 aliphatic heterocycles. The lowest BCUT2D eigenvalue weighted by Crippen LogP contribution is -1.75. The normalized spacial score (nSPS) is 10.3. The van der Waals surface area contributed by atoms with Gasteiger partial charge >= 0.3 is 0 Å². The van der Waals surface area contributed by atoms with Crippen molar-refractivity contribution in [1.29, 1.82) is 0 Å². The maximum atomic E-state index is 6.08. The Labute approximate surface area is 107 Å². The van der Waals surface area contributed by atoms with Crippen LogP contribution in [0.25, 0.3) is 0 Å². The Morgan fingerprint density at radius 3 is 2.53 bits per heavy atom. The Balaban J connectivity index is 2.26. The zero-order valence-corrected chi connectivity index (χ0v) is 10.9. The molecule has 0 aliphatic rings. The number of benzene rings is 2. The van der Waals surface area contributed by atoms with E-state index in [0.717, 1.165) is 14.4 Å². The number of hydrogen-bond donors (Lipinski definition) is 0. The average Bonchev–Trinajstić information content (AvgIpc) is 2.22. The number of hydrogen-bond acceptors (Lipinski definition) is 1. The molecule has 0 N–H and O–H groups in total. The average molecular weight is 300 g/mol. The fourth-order valence-electron chi connectivity index (χ4n) is 1.18. The van der Waals surface area contributed by atoms with Crippen LogP contribution in [0.4, 0.5) is 0 Å². The van der Waals surface area contributed by atoms with Crippen molar-refractivity contribution in [2.75, 3.05) is 0 Å². The Morgan fingerprint density at radius 2 is 1.80 bits per heavy atom. The molecule has 0 saturated carbocycles. The van der Waals surface area contributed by atoms with E-state index in [2.05, 4.69) is 28.1 Å². The van der Waals surface area contributed by atoms with Crippen LogP contribution in [-0.4, -0.2) is 0 Å². The molecule has 0 aromatic heterocycles. The maximum Gasteiger partial charge on any atom is 0.0545 e. The molecule has 0 heterocycles. The minimum atomic E-state index is 0.794. The molecule has 0 amide bonds. The lowest BCUT2D eigenvalue weighted by Gasteiger charge is -2.03. The first-order chi connectivity index (χ1) is 7.25. The smallest absolute Gasteiger partial charge is 0.0545 e. The van der Waals surface area contributed by atoms with Gasteiger partial charge in [-0.3, -0.25) is 0 Å². The zero-order valence-electron chi connectivity index (χ0n) is 7.78. The van der Waals surface area contributed by atoms with Crippen molar-refractivity contribution in [3.8, 4) is 0 Å². The molecule has 0 bridgehead atoms. The number of halogens is 2. The molecule has 0 atom stereocenters. The summed E-state index contributed by atoms with van der Waals surface area (Å²) < 4.78 is 1.08. The molecule has 15 heavy (non-hydrogen) atoms. The van der Waals surface area contributed by atoms with Gasteiger partial charge in [0.2, 0.25) is 0 Å². The summed E-state index contributed by atoms with van der Waals surface area (Å²) in [6.45, 7) is 0. The summed E-state index contributed by atoms with van der Waals surface area (Å²) in [6, 6.07) is 16.0. The molecule has 0 fully saturated rings. The Morgan fingerprint density at radius 1 is 1.00 bits per heavy atom. The van der Waals surface area contributed by atoms with E-state index in [0.29, 0.717) is 0 Å². The molecule has 0 spiro atoms. The predicted octanol–water partition coefficient (Wildman–Crippen LogP) is 5.25. The van der Waals surface area contributed by atoms with Crippen molar-refractivity contribution in [2.24, 2.45) is 0 Å². The van der Waals surface area contributed by atoms with Gasteiger partial charge in [-0.15, -0.1) is 0 Å². The summed E-state index contributed by atoms with van der Waals surface area (Å²) in [6.07, 6.45) is 0. The molecule has 3 heteroatoms. The standard InChI is InChI=1S/C12H8BrClS/c13-9-4-3-5-10(8-9)15-12-7-2-1-6-11(12)14/h1-8H. The van der Waals surface area contributed by atoms with E-state index in [-0.39, 0.29) is 0 Å². The second-order valence-electron chi connectivity index (χ2n) is 2.99. The fourth-order valence-corrected chi connectivity index (χ4v) is 2.89. The SMILES string of the molecule is Clc1ccccc1Sc1cccc(Br)c1. The van der Waals surface area contributed by atoms with E-state index in [1.807, 2.05) is 36.4 Å². The fraction of sp³-hybridized carbons (Fsp3) is 0. The van der Waals surface area contributed by atoms with Crippen LogP contribution in [0.5, 0.6) is 0 Å². The van der Waals surface area contributed by atoms with Gasteiger partial charge in [0.25, 0.3) is 0 Å². The van der Waals surface area contributed by atoms with E-state index in [9.17, 15) is 0 Å². The van der Waals surface area contributed by atoms with Gasteiger partial charge in [0.1, 0.15) is 0 Å². The maximum absolute atomic E-state index is 6.08. The summed E-state index contributed by atoms with van der Waals surface area (Å²) in [5.41, 5.74) is 0. The zero-order chi connectivity index (χ0) is 10.7. The van der Waals surface area contributed by atoms with Crippen LogP contribution in [0.1, 0.15) is 0 Å². The monoisotopic (exact) mass is 298 g/mol. The predicted molar refractivity (Wildman–Crippen MR) is 69.7 cm³/mol. The van der Waals surface area contributed by atoms with Crippen molar-refractivity contribution in [2.45, 2.75) is 9.79 Å². The number of rotatable bonds is 2. The summed E-state index contributed by atoms with van der Waals surface area (Å²) in [5.74, 6) is 0. The Kier molecular flexibility index (Phi) is 3.73. The summed E-state index contributed by atoms with van der Waals surface area (Å²) in [5, 5.41) is 0.794. The van der Waals surface area contributed by atoms with Gasteiger partial charge in [0.05, 0.1) is 5.02 Å². The van der Waals surface area contributed by atoms with E-state index in [1.54, 1.807) is 11.8 Å². The first kappa shape index (κ1) is 11.1. The molecule has 2 rings (SSSR count). The second-order valence-corrected chi connectivity index (χ2v) is 5.43. The van der Waals surface area contributed by atoms with Gasteiger partial charge in [0.15, 0.2) is 0 Å². The van der Waals surface area contributed by atoms with E-state index >= 15 is 0 Å². The summed E-state index contributed by atoms with van der Waals surface area (Å²) >= 11 is 11.2. The van der Waals surface area contributed by atoms with Crippen LogP contribution in [0.15, 0.2) is 62.8 Å². The highest BCUT2D eigenvalue weighted by Gasteiger charge is 2.01. The molecule has 76 valence electrons. The molecular weight excluding hydrogens is 292 g/mol. The minimum Gasteiger partial charge on any atom is -0.0885 e. The van der Waals surface area contributed by atoms with Crippen LogP contribution in [0, 0.1) is 0 Å². The van der Waals surface area contributed by atoms with E-state index in [4.69, 9.17) is 11.6 Å². The molecule has 0 aliphatic carbocycles. The first-order valence-corrected chi connectivity index (χ1v) is 6.42. The quantitative estimate of drug-likeness (QED) is 0.729. The van der Waals surface area contributed by atoms with Gasteiger partial charge in [-0.2, -0.15) is 0 Å². The lowest BCUT2D eigenvalue weighted by atomic mass is 10.4. The van der Waals surface area contributed by atoms with Crippen molar-refractivity contribution in [3.63, 3.8) is 0 Å². The van der Waals surface area contributed by atoms with Crippen LogP contribution >= 0.6 is 39.3 Å². The van der Waals surface area contributed by atoms with Crippen molar-refractivity contribution in [3.05, 3.63) is 58.0 Å². The van der Waals surface area contributed by atoms with Crippen LogP contribution in [0.3, 0.4) is 0 Å².